The van der Waals surface area contributed by atoms with Crippen molar-refractivity contribution in [1.29, 1.82) is 5.26 Å². The molecule has 0 aliphatic carbocycles. The monoisotopic (exact) mass is 258 g/mol. The summed E-state index contributed by atoms with van der Waals surface area (Å²) < 4.78 is 4.90. The van der Waals surface area contributed by atoms with E-state index in [4.69, 9.17) is 33.2 Å². The van der Waals surface area contributed by atoms with Gasteiger partial charge in [0.2, 0.25) is 0 Å². The van der Waals surface area contributed by atoms with E-state index >= 15 is 0 Å². The van der Waals surface area contributed by atoms with Crippen LogP contribution < -0.4 is 5.32 Å². The van der Waals surface area contributed by atoms with Gasteiger partial charge in [0.15, 0.2) is 0 Å². The van der Waals surface area contributed by atoms with Crippen molar-refractivity contribution in [2.24, 2.45) is 0 Å². The molecule has 0 spiro atoms. The summed E-state index contributed by atoms with van der Waals surface area (Å²) in [5.74, 6) is 0. The third-order valence-electron chi connectivity index (χ3n) is 2.06. The molecule has 1 atom stereocenters. The Hall–Kier alpha value is -0.790. The number of halogens is 2. The molecule has 1 aromatic carbocycles. The van der Waals surface area contributed by atoms with E-state index < -0.39 is 6.04 Å². The Morgan fingerprint density at radius 3 is 2.81 bits per heavy atom. The molecule has 0 saturated carbocycles. The number of hydrogen-bond acceptors (Lipinski definition) is 3. The van der Waals surface area contributed by atoms with Crippen LogP contribution in [0.4, 0.5) is 0 Å². The summed E-state index contributed by atoms with van der Waals surface area (Å²) in [4.78, 5) is 0. The molecule has 16 heavy (non-hydrogen) atoms. The fraction of sp³-hybridized carbons (Fsp3) is 0.364. The molecule has 0 radical (unpaired) electrons. The van der Waals surface area contributed by atoms with Gasteiger partial charge in [-0.05, 0) is 12.1 Å². The van der Waals surface area contributed by atoms with Crippen molar-refractivity contribution in [2.45, 2.75) is 6.04 Å². The van der Waals surface area contributed by atoms with Gasteiger partial charge in [0.05, 0.1) is 12.7 Å². The SMILES string of the molecule is COCCNC(C#N)c1ccc(Cl)cc1Cl. The number of nitrogens with one attached hydrogen (secondary N) is 1. The lowest BCUT2D eigenvalue weighted by Crippen LogP contribution is -2.24. The van der Waals surface area contributed by atoms with E-state index in [1.54, 1.807) is 25.3 Å². The lowest BCUT2D eigenvalue weighted by molar-refractivity contribution is 0.198. The highest BCUT2D eigenvalue weighted by molar-refractivity contribution is 6.35. The Kier molecular flexibility index (Phi) is 5.58. The molecule has 0 bridgehead atoms. The van der Waals surface area contributed by atoms with Crippen LogP contribution in [0.5, 0.6) is 0 Å². The van der Waals surface area contributed by atoms with Crippen molar-refractivity contribution in [3.8, 4) is 6.07 Å². The summed E-state index contributed by atoms with van der Waals surface area (Å²) in [6, 6.07) is 6.79. The molecule has 0 aromatic heterocycles. The molecular weight excluding hydrogens is 247 g/mol. The molecule has 0 saturated heterocycles. The minimum absolute atomic E-state index is 0.445. The van der Waals surface area contributed by atoms with Crippen LogP contribution in [0.15, 0.2) is 18.2 Å². The molecule has 0 heterocycles. The first kappa shape index (κ1) is 13.3. The molecule has 1 N–H and O–H groups in total. The van der Waals surface area contributed by atoms with E-state index in [1.165, 1.54) is 0 Å². The summed E-state index contributed by atoms with van der Waals surface area (Å²) in [5, 5.41) is 13.1. The molecule has 0 aliphatic heterocycles. The van der Waals surface area contributed by atoms with Gasteiger partial charge < -0.3 is 4.74 Å². The summed E-state index contributed by atoms with van der Waals surface area (Å²) in [6.07, 6.45) is 0. The predicted molar refractivity (Wildman–Crippen MR) is 64.7 cm³/mol. The first-order valence-electron chi connectivity index (χ1n) is 4.76. The van der Waals surface area contributed by atoms with E-state index in [0.29, 0.717) is 23.2 Å². The van der Waals surface area contributed by atoms with Gasteiger partial charge in [0, 0.05) is 29.3 Å². The standard InChI is InChI=1S/C11H12Cl2N2O/c1-16-5-4-15-11(7-14)9-3-2-8(12)6-10(9)13/h2-3,6,11,15H,4-5H2,1H3. The Morgan fingerprint density at radius 2 is 2.25 bits per heavy atom. The van der Waals surface area contributed by atoms with Crippen LogP contribution in [0.25, 0.3) is 0 Å². The van der Waals surface area contributed by atoms with Gasteiger partial charge in [-0.15, -0.1) is 0 Å². The van der Waals surface area contributed by atoms with Crippen LogP contribution in [-0.2, 0) is 4.74 Å². The summed E-state index contributed by atoms with van der Waals surface area (Å²) in [6.45, 7) is 1.14. The number of benzene rings is 1. The van der Waals surface area contributed by atoms with Crippen LogP contribution in [-0.4, -0.2) is 20.3 Å². The van der Waals surface area contributed by atoms with E-state index in [0.717, 1.165) is 5.56 Å². The zero-order valence-electron chi connectivity index (χ0n) is 8.84. The van der Waals surface area contributed by atoms with Gasteiger partial charge >= 0.3 is 0 Å². The maximum Gasteiger partial charge on any atom is 0.122 e. The van der Waals surface area contributed by atoms with E-state index in [2.05, 4.69) is 11.4 Å². The summed E-state index contributed by atoms with van der Waals surface area (Å²) in [7, 11) is 1.61. The van der Waals surface area contributed by atoms with Crippen molar-refractivity contribution in [3.05, 3.63) is 33.8 Å². The Labute approximate surface area is 105 Å². The van der Waals surface area contributed by atoms with E-state index in [1.807, 2.05) is 0 Å². The molecule has 1 rings (SSSR count). The van der Waals surface area contributed by atoms with Crippen LogP contribution in [0.3, 0.4) is 0 Å². The van der Waals surface area contributed by atoms with Crippen LogP contribution in [0, 0.1) is 11.3 Å². The van der Waals surface area contributed by atoms with Gasteiger partial charge in [-0.25, -0.2) is 0 Å². The Morgan fingerprint density at radius 1 is 1.50 bits per heavy atom. The third kappa shape index (κ3) is 3.66. The highest BCUT2D eigenvalue weighted by Gasteiger charge is 2.13. The van der Waals surface area contributed by atoms with Crippen LogP contribution in [0.1, 0.15) is 11.6 Å². The maximum atomic E-state index is 9.03. The summed E-state index contributed by atoms with van der Waals surface area (Å²) >= 11 is 11.8. The Bertz CT molecular complexity index is 390. The third-order valence-corrected chi connectivity index (χ3v) is 2.62. The normalized spacial score (nSPS) is 12.1. The van der Waals surface area contributed by atoms with Crippen molar-refractivity contribution in [1.82, 2.24) is 5.32 Å². The summed E-state index contributed by atoms with van der Waals surface area (Å²) in [5.41, 5.74) is 0.727. The van der Waals surface area contributed by atoms with Gasteiger partial charge in [-0.2, -0.15) is 5.26 Å². The van der Waals surface area contributed by atoms with Gasteiger partial charge in [-0.3, -0.25) is 5.32 Å². The average Bonchev–Trinajstić information content (AvgIpc) is 2.26. The first-order valence-corrected chi connectivity index (χ1v) is 5.51. The van der Waals surface area contributed by atoms with E-state index in [9.17, 15) is 0 Å². The fourth-order valence-electron chi connectivity index (χ4n) is 1.27. The highest BCUT2D eigenvalue weighted by atomic mass is 35.5. The number of rotatable bonds is 5. The molecular formula is C11H12Cl2N2O. The molecule has 0 fully saturated rings. The van der Waals surface area contributed by atoms with E-state index in [-0.39, 0.29) is 0 Å². The molecule has 3 nitrogen and oxygen atoms in total. The molecule has 0 amide bonds. The van der Waals surface area contributed by atoms with Crippen LogP contribution in [0.2, 0.25) is 10.0 Å². The number of nitriles is 1. The fourth-order valence-corrected chi connectivity index (χ4v) is 1.78. The average molecular weight is 259 g/mol. The number of methoxy groups -OCH3 is 1. The smallest absolute Gasteiger partial charge is 0.122 e. The zero-order chi connectivity index (χ0) is 12.0. The predicted octanol–water partition coefficient (Wildman–Crippen LogP) is 2.79. The second kappa shape index (κ2) is 6.72. The van der Waals surface area contributed by atoms with Crippen molar-refractivity contribution < 1.29 is 4.74 Å². The largest absolute Gasteiger partial charge is 0.383 e. The number of ether oxygens (including phenoxy) is 1. The second-order valence-corrected chi connectivity index (χ2v) is 4.02. The minimum Gasteiger partial charge on any atom is -0.383 e. The molecule has 5 heteroatoms. The molecule has 0 aliphatic rings. The highest BCUT2D eigenvalue weighted by Crippen LogP contribution is 2.25. The van der Waals surface area contributed by atoms with Crippen molar-refractivity contribution >= 4 is 23.2 Å². The van der Waals surface area contributed by atoms with Gasteiger partial charge in [-0.1, -0.05) is 29.3 Å². The van der Waals surface area contributed by atoms with Gasteiger partial charge in [0.1, 0.15) is 6.04 Å². The number of hydrogen-bond donors (Lipinski definition) is 1. The number of nitrogens with zero attached hydrogens (tertiary/aromatic N) is 1. The van der Waals surface area contributed by atoms with Crippen molar-refractivity contribution in [2.75, 3.05) is 20.3 Å². The lowest BCUT2D eigenvalue weighted by Gasteiger charge is -2.13. The maximum absolute atomic E-state index is 9.03. The minimum atomic E-state index is -0.445. The second-order valence-electron chi connectivity index (χ2n) is 3.17. The first-order chi connectivity index (χ1) is 7.69. The van der Waals surface area contributed by atoms with Crippen LogP contribution >= 0.6 is 23.2 Å². The van der Waals surface area contributed by atoms with Crippen molar-refractivity contribution in [3.63, 3.8) is 0 Å². The molecule has 1 unspecified atom stereocenters. The van der Waals surface area contributed by atoms with Gasteiger partial charge in [0.25, 0.3) is 0 Å². The molecule has 86 valence electrons. The topological polar surface area (TPSA) is 45.0 Å². The molecule has 1 aromatic rings. The zero-order valence-corrected chi connectivity index (χ0v) is 10.3. The Balaban J connectivity index is 2.76. The quantitative estimate of drug-likeness (QED) is 0.827. The lowest BCUT2D eigenvalue weighted by atomic mass is 10.1.